The summed E-state index contributed by atoms with van der Waals surface area (Å²) in [4.78, 5) is 0. The van der Waals surface area contributed by atoms with Gasteiger partial charge < -0.3 is 25.8 Å². The highest BCUT2D eigenvalue weighted by Crippen LogP contribution is 2.38. The van der Waals surface area contributed by atoms with Crippen molar-refractivity contribution in [2.24, 2.45) is 5.73 Å². The molecule has 0 radical (unpaired) electrons. The summed E-state index contributed by atoms with van der Waals surface area (Å²) in [7, 11) is 0. The van der Waals surface area contributed by atoms with Gasteiger partial charge in [0.25, 0.3) is 0 Å². The van der Waals surface area contributed by atoms with E-state index in [1.54, 1.807) is 0 Å². The van der Waals surface area contributed by atoms with Gasteiger partial charge in [0.1, 0.15) is 12.2 Å². The lowest BCUT2D eigenvalue weighted by Gasteiger charge is -2.35. The molecule has 2 rings (SSSR count). The molecule has 0 aliphatic carbocycles. The highest BCUT2D eigenvalue weighted by Gasteiger charge is 2.54. The van der Waals surface area contributed by atoms with E-state index in [0.717, 1.165) is 0 Å². The fourth-order valence-electron chi connectivity index (χ4n) is 1.99. The molecule has 2 saturated heterocycles. The van der Waals surface area contributed by atoms with E-state index in [1.165, 1.54) is 0 Å². The number of hydrogen-bond donors (Lipinski definition) is 4. The van der Waals surface area contributed by atoms with Crippen LogP contribution in [0.5, 0.6) is 0 Å². The van der Waals surface area contributed by atoms with Gasteiger partial charge in [0, 0.05) is 18.9 Å². The monoisotopic (exact) mass is 175 g/mol. The zero-order valence-corrected chi connectivity index (χ0v) is 6.55. The molecule has 0 aromatic carbocycles. The highest BCUT2D eigenvalue weighted by molar-refractivity contribution is 5.01. The third-order valence-electron chi connectivity index (χ3n) is 2.59. The van der Waals surface area contributed by atoms with Gasteiger partial charge in [-0.1, -0.05) is 0 Å². The van der Waals surface area contributed by atoms with E-state index < -0.39 is 24.1 Å². The predicted octanol–water partition coefficient (Wildman–Crippen LogP) is -2.08. The van der Waals surface area contributed by atoms with Crippen molar-refractivity contribution in [1.29, 1.82) is 0 Å². The van der Waals surface area contributed by atoms with Crippen LogP contribution in [-0.2, 0) is 4.74 Å². The summed E-state index contributed by atoms with van der Waals surface area (Å²) in [5.74, 6) is -1.32. The van der Waals surface area contributed by atoms with Gasteiger partial charge in [0.2, 0.25) is 0 Å². The van der Waals surface area contributed by atoms with Crippen LogP contribution in [0.3, 0.4) is 0 Å². The first-order chi connectivity index (χ1) is 5.52. The maximum absolute atomic E-state index is 9.61. The van der Waals surface area contributed by atoms with E-state index >= 15 is 0 Å². The van der Waals surface area contributed by atoms with Crippen molar-refractivity contribution in [3.8, 4) is 0 Å². The van der Waals surface area contributed by atoms with Crippen LogP contribution >= 0.6 is 0 Å². The average molecular weight is 175 g/mol. The summed E-state index contributed by atoms with van der Waals surface area (Å²) in [6.45, 7) is 0. The van der Waals surface area contributed by atoms with Crippen LogP contribution in [-0.4, -0.2) is 45.5 Å². The van der Waals surface area contributed by atoms with E-state index in [9.17, 15) is 15.3 Å². The van der Waals surface area contributed by atoms with Crippen molar-refractivity contribution in [2.75, 3.05) is 0 Å². The number of rotatable bonds is 0. The minimum atomic E-state index is -1.32. The van der Waals surface area contributed by atoms with Gasteiger partial charge in [0.15, 0.2) is 5.79 Å². The Hall–Kier alpha value is -0.200. The van der Waals surface area contributed by atoms with Gasteiger partial charge in [-0.25, -0.2) is 0 Å². The molecule has 0 unspecified atom stereocenters. The van der Waals surface area contributed by atoms with Gasteiger partial charge in [-0.3, -0.25) is 0 Å². The summed E-state index contributed by atoms with van der Waals surface area (Å²) in [6.07, 6.45) is -2.20. The van der Waals surface area contributed by atoms with Crippen molar-refractivity contribution in [2.45, 2.75) is 43.0 Å². The van der Waals surface area contributed by atoms with E-state index in [2.05, 4.69) is 0 Å². The molecule has 5 heteroatoms. The minimum Gasteiger partial charge on any atom is -0.390 e. The van der Waals surface area contributed by atoms with Gasteiger partial charge in [-0.05, 0) is 0 Å². The largest absolute Gasteiger partial charge is 0.390 e. The van der Waals surface area contributed by atoms with E-state index in [4.69, 9.17) is 10.5 Å². The lowest BCUT2D eigenvalue weighted by molar-refractivity contribution is -0.264. The molecule has 12 heavy (non-hydrogen) atoms. The SMILES string of the molecule is N[C@@H]1C[C@]2(O)C[C@@H](O)[C@H](O)[C@H]1O2. The molecule has 2 aliphatic rings. The first kappa shape index (κ1) is 8.40. The van der Waals surface area contributed by atoms with Crippen LogP contribution < -0.4 is 5.73 Å². The zero-order valence-electron chi connectivity index (χ0n) is 6.55. The van der Waals surface area contributed by atoms with E-state index in [-0.39, 0.29) is 18.9 Å². The molecule has 0 saturated carbocycles. The second-order valence-corrected chi connectivity index (χ2v) is 3.66. The number of ether oxygens (including phenoxy) is 1. The smallest absolute Gasteiger partial charge is 0.170 e. The summed E-state index contributed by atoms with van der Waals surface area (Å²) in [5.41, 5.74) is 5.60. The Morgan fingerprint density at radius 3 is 2.67 bits per heavy atom. The maximum Gasteiger partial charge on any atom is 0.170 e. The topological polar surface area (TPSA) is 95.9 Å². The van der Waals surface area contributed by atoms with E-state index in [1.807, 2.05) is 0 Å². The maximum atomic E-state index is 9.61. The Balaban J connectivity index is 2.22. The molecule has 5 atom stereocenters. The number of aliphatic hydroxyl groups is 3. The third-order valence-corrected chi connectivity index (χ3v) is 2.59. The second kappa shape index (κ2) is 2.40. The van der Waals surface area contributed by atoms with Crippen LogP contribution in [0.1, 0.15) is 12.8 Å². The van der Waals surface area contributed by atoms with Crippen molar-refractivity contribution < 1.29 is 20.1 Å². The lowest BCUT2D eigenvalue weighted by atomic mass is 10.0. The Morgan fingerprint density at radius 1 is 1.33 bits per heavy atom. The fourth-order valence-corrected chi connectivity index (χ4v) is 1.99. The van der Waals surface area contributed by atoms with Gasteiger partial charge in [-0.15, -0.1) is 0 Å². The lowest BCUT2D eigenvalue weighted by Crippen LogP contribution is -2.51. The Labute approximate surface area is 69.8 Å². The van der Waals surface area contributed by atoms with Gasteiger partial charge in [-0.2, -0.15) is 0 Å². The van der Waals surface area contributed by atoms with Crippen LogP contribution in [0.25, 0.3) is 0 Å². The molecule has 2 heterocycles. The molecular formula is C7H13NO4. The van der Waals surface area contributed by atoms with Crippen LogP contribution in [0.2, 0.25) is 0 Å². The number of aliphatic hydroxyl groups excluding tert-OH is 2. The molecule has 0 spiro atoms. The molecule has 0 aromatic heterocycles. The fraction of sp³-hybridized carbons (Fsp3) is 1.00. The zero-order chi connectivity index (χ0) is 8.93. The van der Waals surface area contributed by atoms with Crippen LogP contribution in [0.4, 0.5) is 0 Å². The van der Waals surface area contributed by atoms with Crippen molar-refractivity contribution in [1.82, 2.24) is 0 Å². The predicted molar refractivity (Wildman–Crippen MR) is 39.0 cm³/mol. The third kappa shape index (κ3) is 1.06. The van der Waals surface area contributed by atoms with E-state index in [0.29, 0.717) is 0 Å². The molecule has 2 aliphatic heterocycles. The molecule has 0 aromatic rings. The average Bonchev–Trinajstić information content (AvgIpc) is 2.20. The van der Waals surface area contributed by atoms with Crippen LogP contribution in [0, 0.1) is 0 Å². The van der Waals surface area contributed by atoms with Crippen LogP contribution in [0.15, 0.2) is 0 Å². The number of hydrogen-bond acceptors (Lipinski definition) is 5. The summed E-state index contributed by atoms with van der Waals surface area (Å²) in [6, 6.07) is -0.387. The molecular weight excluding hydrogens is 162 g/mol. The summed E-state index contributed by atoms with van der Waals surface area (Å²) >= 11 is 0. The minimum absolute atomic E-state index is 0.0400. The molecule has 5 N–H and O–H groups in total. The Kier molecular flexibility index (Phi) is 1.68. The van der Waals surface area contributed by atoms with Gasteiger partial charge in [0.05, 0.1) is 6.10 Å². The van der Waals surface area contributed by atoms with Crippen molar-refractivity contribution in [3.05, 3.63) is 0 Å². The first-order valence-electron chi connectivity index (χ1n) is 4.04. The normalized spacial score (nSPS) is 59.0. The molecule has 5 nitrogen and oxygen atoms in total. The Bertz CT molecular complexity index is 196. The molecule has 2 fully saturated rings. The quantitative estimate of drug-likeness (QED) is 0.339. The first-order valence-corrected chi connectivity index (χ1v) is 4.04. The van der Waals surface area contributed by atoms with Crippen molar-refractivity contribution in [3.63, 3.8) is 0 Å². The van der Waals surface area contributed by atoms with Gasteiger partial charge >= 0.3 is 0 Å². The molecule has 0 amide bonds. The highest BCUT2D eigenvalue weighted by atomic mass is 16.6. The number of fused-ring (bicyclic) bond motifs is 2. The summed E-state index contributed by atoms with van der Waals surface area (Å²) in [5, 5.41) is 28.3. The summed E-state index contributed by atoms with van der Waals surface area (Å²) < 4.78 is 5.10. The molecule has 2 bridgehead atoms. The number of nitrogens with two attached hydrogens (primary N) is 1. The second-order valence-electron chi connectivity index (χ2n) is 3.66. The molecule has 70 valence electrons. The van der Waals surface area contributed by atoms with Crippen molar-refractivity contribution >= 4 is 0 Å². The Morgan fingerprint density at radius 2 is 2.00 bits per heavy atom. The standard InChI is InChI=1S/C7H13NO4/c8-3-1-7(11)2-4(9)5(10)6(3)12-7/h3-6,9-11H,1-2,8H2/t3-,4-,5+,6+,7-/m1/s1.